The maximum absolute atomic E-state index is 13.3. The van der Waals surface area contributed by atoms with Crippen LogP contribution in [0.25, 0.3) is 11.1 Å². The molecule has 0 radical (unpaired) electrons. The van der Waals surface area contributed by atoms with Gasteiger partial charge in [0.2, 0.25) is 0 Å². The first-order chi connectivity index (χ1) is 13.4. The van der Waals surface area contributed by atoms with Gasteiger partial charge in [-0.25, -0.2) is 4.99 Å². The maximum Gasteiger partial charge on any atom is 0.266 e. The lowest BCUT2D eigenvalue weighted by atomic mass is 9.82. The molecule has 1 amide bonds. The minimum Gasteiger partial charge on any atom is -0.369 e. The van der Waals surface area contributed by atoms with E-state index in [1.165, 1.54) is 4.90 Å². The molecule has 2 N–H and O–H groups in total. The van der Waals surface area contributed by atoms with Crippen molar-refractivity contribution in [2.24, 2.45) is 10.7 Å². The minimum atomic E-state index is -1.22. The number of amides is 1. The number of aliphatic imine (C=N–C) groups is 1. The van der Waals surface area contributed by atoms with E-state index in [4.69, 9.17) is 28.9 Å². The molecule has 0 spiro atoms. The number of hydrogen-bond acceptors (Lipinski definition) is 3. The average Bonchev–Trinajstić information content (AvgIpc) is 2.93. The van der Waals surface area contributed by atoms with Crippen molar-refractivity contribution in [3.05, 3.63) is 94.0 Å². The fraction of sp³-hybridized carbons (Fsp3) is 0.0909. The van der Waals surface area contributed by atoms with Crippen LogP contribution in [0.2, 0.25) is 10.0 Å². The Morgan fingerprint density at radius 1 is 0.857 bits per heavy atom. The van der Waals surface area contributed by atoms with Gasteiger partial charge in [-0.1, -0.05) is 71.7 Å². The number of carbonyl (C=O) groups excluding carboxylic acids is 1. The molecule has 0 saturated carbocycles. The molecule has 0 saturated heterocycles. The molecule has 3 aromatic rings. The highest BCUT2D eigenvalue weighted by molar-refractivity contribution is 6.35. The molecule has 4 nitrogen and oxygen atoms in total. The molecule has 0 aliphatic carbocycles. The van der Waals surface area contributed by atoms with Crippen LogP contribution in [0.4, 0.5) is 0 Å². The van der Waals surface area contributed by atoms with Gasteiger partial charge in [-0.15, -0.1) is 0 Å². The van der Waals surface area contributed by atoms with Crippen molar-refractivity contribution >= 4 is 35.1 Å². The Labute approximate surface area is 173 Å². The maximum atomic E-state index is 13.3. The van der Waals surface area contributed by atoms with E-state index in [1.54, 1.807) is 13.1 Å². The van der Waals surface area contributed by atoms with Crippen LogP contribution < -0.4 is 5.73 Å². The van der Waals surface area contributed by atoms with Crippen LogP contribution in [0.3, 0.4) is 0 Å². The fourth-order valence-corrected chi connectivity index (χ4v) is 4.03. The van der Waals surface area contributed by atoms with Gasteiger partial charge < -0.3 is 5.73 Å². The topological polar surface area (TPSA) is 58.7 Å². The average molecular weight is 410 g/mol. The van der Waals surface area contributed by atoms with Gasteiger partial charge in [-0.2, -0.15) is 0 Å². The number of guanidine groups is 1. The molecule has 0 aromatic heterocycles. The zero-order chi connectivity index (χ0) is 19.9. The van der Waals surface area contributed by atoms with E-state index in [1.807, 2.05) is 66.7 Å². The molecule has 0 bridgehead atoms. The number of halogens is 2. The first-order valence-corrected chi connectivity index (χ1v) is 9.43. The van der Waals surface area contributed by atoms with Crippen LogP contribution in [0.5, 0.6) is 0 Å². The molecular weight excluding hydrogens is 393 g/mol. The van der Waals surface area contributed by atoms with Crippen molar-refractivity contribution in [3.8, 4) is 11.1 Å². The SMILES string of the molecule is CN1C(=O)C(c2ccccc2)(c2cccc(-c3cc(Cl)cc(Cl)c3)c2)N=C1N. The summed E-state index contributed by atoms with van der Waals surface area (Å²) < 4.78 is 0. The first kappa shape index (κ1) is 18.5. The molecule has 1 heterocycles. The molecule has 1 aliphatic heterocycles. The van der Waals surface area contributed by atoms with Gasteiger partial charge in [0.1, 0.15) is 0 Å². The van der Waals surface area contributed by atoms with Gasteiger partial charge >= 0.3 is 0 Å². The number of likely N-dealkylation sites (N-methyl/N-ethyl adjacent to an activating group) is 1. The highest BCUT2D eigenvalue weighted by Crippen LogP contribution is 2.40. The van der Waals surface area contributed by atoms with Crippen LogP contribution in [0.15, 0.2) is 77.8 Å². The van der Waals surface area contributed by atoms with E-state index in [0.717, 1.165) is 22.3 Å². The van der Waals surface area contributed by atoms with E-state index in [2.05, 4.69) is 4.99 Å². The Hall–Kier alpha value is -2.82. The molecule has 4 rings (SSSR count). The Balaban J connectivity index is 1.93. The lowest BCUT2D eigenvalue weighted by molar-refractivity contribution is -0.129. The van der Waals surface area contributed by atoms with Crippen molar-refractivity contribution in [1.82, 2.24) is 4.90 Å². The molecule has 1 atom stereocenters. The summed E-state index contributed by atoms with van der Waals surface area (Å²) in [6.45, 7) is 0. The normalized spacial score (nSPS) is 19.0. The lowest BCUT2D eigenvalue weighted by Crippen LogP contribution is -2.41. The van der Waals surface area contributed by atoms with Crippen LogP contribution in [0.1, 0.15) is 11.1 Å². The predicted octanol–water partition coefficient (Wildman–Crippen LogP) is 4.69. The summed E-state index contributed by atoms with van der Waals surface area (Å²) in [7, 11) is 1.63. The van der Waals surface area contributed by atoms with Crippen molar-refractivity contribution < 1.29 is 4.79 Å². The Morgan fingerprint density at radius 2 is 1.50 bits per heavy atom. The summed E-state index contributed by atoms with van der Waals surface area (Å²) in [6, 6.07) is 22.4. The van der Waals surface area contributed by atoms with Crippen molar-refractivity contribution in [2.45, 2.75) is 5.54 Å². The molecule has 140 valence electrons. The van der Waals surface area contributed by atoms with Crippen LogP contribution in [0, 0.1) is 0 Å². The zero-order valence-electron chi connectivity index (χ0n) is 15.1. The number of rotatable bonds is 3. The smallest absolute Gasteiger partial charge is 0.266 e. The number of benzene rings is 3. The third-order valence-electron chi connectivity index (χ3n) is 4.91. The van der Waals surface area contributed by atoms with Crippen LogP contribution >= 0.6 is 23.2 Å². The fourth-order valence-electron chi connectivity index (χ4n) is 3.51. The predicted molar refractivity (Wildman–Crippen MR) is 114 cm³/mol. The van der Waals surface area contributed by atoms with Crippen molar-refractivity contribution in [1.29, 1.82) is 0 Å². The van der Waals surface area contributed by atoms with Crippen LogP contribution in [-0.2, 0) is 10.3 Å². The van der Waals surface area contributed by atoms with Gasteiger partial charge in [0, 0.05) is 17.1 Å². The Kier molecular flexibility index (Phi) is 4.61. The summed E-state index contributed by atoms with van der Waals surface area (Å²) >= 11 is 12.3. The van der Waals surface area contributed by atoms with E-state index >= 15 is 0 Å². The van der Waals surface area contributed by atoms with Gasteiger partial charge in [-0.05, 0) is 46.5 Å². The summed E-state index contributed by atoms with van der Waals surface area (Å²) in [6.07, 6.45) is 0. The second-order valence-corrected chi connectivity index (χ2v) is 7.52. The van der Waals surface area contributed by atoms with E-state index in [-0.39, 0.29) is 11.9 Å². The van der Waals surface area contributed by atoms with Gasteiger partial charge in [0.05, 0.1) is 0 Å². The molecule has 1 aliphatic rings. The standard InChI is InChI=1S/C22H17Cl2N3O/c1-27-20(28)22(26-21(27)25,16-7-3-2-4-8-16)17-9-5-6-14(10-17)15-11-18(23)13-19(24)12-15/h2-13H,1H3,(H2,25,26). The zero-order valence-corrected chi connectivity index (χ0v) is 16.6. The molecular formula is C22H17Cl2N3O. The second-order valence-electron chi connectivity index (χ2n) is 6.65. The van der Waals surface area contributed by atoms with E-state index in [9.17, 15) is 4.79 Å². The summed E-state index contributed by atoms with van der Waals surface area (Å²) in [5.41, 5.74) is 8.03. The first-order valence-electron chi connectivity index (χ1n) is 8.68. The van der Waals surface area contributed by atoms with Gasteiger partial charge in [0.25, 0.3) is 5.91 Å². The number of nitrogens with two attached hydrogens (primary N) is 1. The third kappa shape index (κ3) is 2.95. The molecule has 3 aromatic carbocycles. The lowest BCUT2D eigenvalue weighted by Gasteiger charge is -2.26. The van der Waals surface area contributed by atoms with Crippen LogP contribution in [-0.4, -0.2) is 23.8 Å². The Bertz CT molecular complexity index is 1080. The number of carbonyl (C=O) groups is 1. The number of nitrogens with zero attached hydrogens (tertiary/aromatic N) is 2. The van der Waals surface area contributed by atoms with Gasteiger partial charge in [0.15, 0.2) is 11.5 Å². The van der Waals surface area contributed by atoms with E-state index in [0.29, 0.717) is 10.0 Å². The minimum absolute atomic E-state index is 0.185. The summed E-state index contributed by atoms with van der Waals surface area (Å²) in [5, 5.41) is 1.09. The van der Waals surface area contributed by atoms with Crippen molar-refractivity contribution in [3.63, 3.8) is 0 Å². The molecule has 1 unspecified atom stereocenters. The largest absolute Gasteiger partial charge is 0.369 e. The molecule has 6 heteroatoms. The second kappa shape index (κ2) is 6.97. The van der Waals surface area contributed by atoms with Crippen molar-refractivity contribution in [2.75, 3.05) is 7.05 Å². The third-order valence-corrected chi connectivity index (χ3v) is 5.34. The Morgan fingerprint density at radius 3 is 2.11 bits per heavy atom. The highest BCUT2D eigenvalue weighted by Gasteiger charge is 2.49. The summed E-state index contributed by atoms with van der Waals surface area (Å²) in [5.74, 6) is -0.0115. The van der Waals surface area contributed by atoms with E-state index < -0.39 is 5.54 Å². The quantitative estimate of drug-likeness (QED) is 0.681. The highest BCUT2D eigenvalue weighted by atomic mass is 35.5. The monoisotopic (exact) mass is 409 g/mol. The summed E-state index contributed by atoms with van der Waals surface area (Å²) in [4.78, 5) is 19.3. The molecule has 28 heavy (non-hydrogen) atoms. The number of hydrogen-bond donors (Lipinski definition) is 1. The molecule has 0 fully saturated rings. The van der Waals surface area contributed by atoms with Gasteiger partial charge in [-0.3, -0.25) is 9.69 Å².